The molecule has 0 aliphatic heterocycles. The van der Waals surface area contributed by atoms with E-state index in [1.165, 1.54) is 5.56 Å². The molecule has 142 valence electrons. The summed E-state index contributed by atoms with van der Waals surface area (Å²) in [5.41, 5.74) is 3.40. The van der Waals surface area contributed by atoms with Crippen LogP contribution in [-0.2, 0) is 22.4 Å². The Hall–Kier alpha value is -2.60. The maximum Gasteiger partial charge on any atom is 0.233 e. The van der Waals surface area contributed by atoms with E-state index >= 15 is 0 Å². The predicted octanol–water partition coefficient (Wildman–Crippen LogP) is 3.09. The number of amides is 1. The molecule has 1 atom stereocenters. The number of Topliss-reactive ketones (excluding diaryl/α,β-unsaturated/α-hetero) is 1. The number of carbonyl (C=O) groups is 3. The minimum Gasteiger partial charge on any atom is -0.485 e. The van der Waals surface area contributed by atoms with E-state index in [0.717, 1.165) is 23.7 Å². The van der Waals surface area contributed by atoms with E-state index in [-0.39, 0.29) is 18.3 Å². The molecule has 2 rings (SSSR count). The average Bonchev–Trinajstić information content (AvgIpc) is 2.72. The highest BCUT2D eigenvalue weighted by Crippen LogP contribution is 2.18. The van der Waals surface area contributed by atoms with E-state index in [2.05, 4.69) is 12.2 Å². The molecule has 5 nitrogen and oxygen atoms in total. The molecule has 0 heterocycles. The lowest BCUT2D eigenvalue weighted by molar-refractivity contribution is -0.120. The first-order valence-electron chi connectivity index (χ1n) is 8.72. The molecule has 27 heavy (non-hydrogen) atoms. The Morgan fingerprint density at radius 1 is 1.07 bits per heavy atom. The number of hydrogen-bond donors (Lipinski definition) is 1. The number of benzene rings is 2. The third-order valence-corrected chi connectivity index (χ3v) is 4.98. The zero-order valence-electron chi connectivity index (χ0n) is 15.4. The van der Waals surface area contributed by atoms with Crippen LogP contribution in [-0.4, -0.2) is 36.2 Å². The summed E-state index contributed by atoms with van der Waals surface area (Å²) in [5.74, 6) is 0.313. The summed E-state index contributed by atoms with van der Waals surface area (Å²) in [6.45, 7) is 2.03. The minimum absolute atomic E-state index is 0.0350. The maximum atomic E-state index is 12.2. The van der Waals surface area contributed by atoms with Gasteiger partial charge in [0, 0.05) is 12.6 Å². The molecular weight excluding hydrogens is 362 g/mol. The highest BCUT2D eigenvalue weighted by Gasteiger charge is 2.18. The lowest BCUT2D eigenvalue weighted by atomic mass is 10.1. The fourth-order valence-corrected chi connectivity index (χ4v) is 3.19. The van der Waals surface area contributed by atoms with E-state index in [1.807, 2.05) is 36.4 Å². The molecule has 0 saturated carbocycles. The Bertz CT molecular complexity index is 772. The number of nitrogens with one attached hydrogen (secondary N) is 1. The molecule has 0 saturated heterocycles. The normalized spacial score (nSPS) is 11.5. The Labute approximate surface area is 163 Å². The molecule has 0 fully saturated rings. The van der Waals surface area contributed by atoms with Crippen LogP contribution in [0.2, 0.25) is 0 Å². The largest absolute Gasteiger partial charge is 0.485 e. The molecule has 0 aliphatic rings. The fraction of sp³-hybridized carbons (Fsp3) is 0.286. The van der Waals surface area contributed by atoms with E-state index in [4.69, 9.17) is 4.74 Å². The van der Waals surface area contributed by atoms with Gasteiger partial charge in [0.15, 0.2) is 18.0 Å². The van der Waals surface area contributed by atoms with Crippen molar-refractivity contribution in [1.82, 2.24) is 5.32 Å². The predicted molar refractivity (Wildman–Crippen MR) is 108 cm³/mol. The van der Waals surface area contributed by atoms with Gasteiger partial charge in [0.2, 0.25) is 5.91 Å². The van der Waals surface area contributed by atoms with Crippen molar-refractivity contribution in [3.8, 4) is 5.75 Å². The van der Waals surface area contributed by atoms with E-state index in [9.17, 15) is 14.4 Å². The van der Waals surface area contributed by atoms with Crippen molar-refractivity contribution in [3.05, 3.63) is 65.2 Å². The highest BCUT2D eigenvalue weighted by molar-refractivity contribution is 8.13. The summed E-state index contributed by atoms with van der Waals surface area (Å²) < 4.78 is 5.56. The van der Waals surface area contributed by atoms with E-state index in [0.29, 0.717) is 23.4 Å². The van der Waals surface area contributed by atoms with Crippen molar-refractivity contribution in [2.75, 3.05) is 13.7 Å². The number of ketones is 1. The summed E-state index contributed by atoms with van der Waals surface area (Å²) in [6.07, 6.45) is 1.37. The number of ether oxygens (including phenoxy) is 1. The first-order valence-corrected chi connectivity index (χ1v) is 9.66. The van der Waals surface area contributed by atoms with Crippen molar-refractivity contribution in [2.24, 2.45) is 0 Å². The van der Waals surface area contributed by atoms with Crippen molar-refractivity contribution in [2.45, 2.75) is 25.0 Å². The van der Waals surface area contributed by atoms with Gasteiger partial charge in [-0.1, -0.05) is 55.1 Å². The summed E-state index contributed by atoms with van der Waals surface area (Å²) in [5, 5.41) is 2.09. The van der Waals surface area contributed by atoms with E-state index in [1.54, 1.807) is 19.2 Å². The van der Waals surface area contributed by atoms with Crippen LogP contribution in [0.15, 0.2) is 48.5 Å². The second kappa shape index (κ2) is 10.5. The number of aryl methyl sites for hydroxylation is 1. The van der Waals surface area contributed by atoms with Gasteiger partial charge in [-0.2, -0.15) is 0 Å². The van der Waals surface area contributed by atoms with Crippen molar-refractivity contribution in [3.63, 3.8) is 0 Å². The van der Waals surface area contributed by atoms with Crippen molar-refractivity contribution >= 4 is 29.1 Å². The molecule has 1 N–H and O–H groups in total. The molecule has 0 radical (unpaired) electrons. The average molecular weight is 385 g/mol. The quantitative estimate of drug-likeness (QED) is 0.503. The van der Waals surface area contributed by atoms with Gasteiger partial charge >= 0.3 is 0 Å². The van der Waals surface area contributed by atoms with Gasteiger partial charge in [0.05, 0.1) is 5.25 Å². The van der Waals surface area contributed by atoms with Gasteiger partial charge in [-0.15, -0.1) is 0 Å². The Balaban J connectivity index is 1.91. The lowest BCUT2D eigenvalue weighted by Crippen LogP contribution is -2.31. The van der Waals surface area contributed by atoms with Gasteiger partial charge in [-0.05, 0) is 36.1 Å². The number of hydrogen-bond acceptors (Lipinski definition) is 5. The number of rotatable bonds is 10. The van der Waals surface area contributed by atoms with Gasteiger partial charge in [0.25, 0.3) is 0 Å². The number of thioether (sulfide) groups is 1. The van der Waals surface area contributed by atoms with Crippen LogP contribution >= 0.6 is 11.8 Å². The summed E-state index contributed by atoms with van der Waals surface area (Å²) >= 11 is 0.954. The fourth-order valence-electron chi connectivity index (χ4n) is 2.53. The lowest BCUT2D eigenvalue weighted by Gasteiger charge is -2.12. The molecule has 1 amide bonds. The topological polar surface area (TPSA) is 72.5 Å². The zero-order chi connectivity index (χ0) is 19.6. The Kier molecular flexibility index (Phi) is 8.07. The van der Waals surface area contributed by atoms with Crippen LogP contribution in [0.3, 0.4) is 0 Å². The molecule has 2 aromatic carbocycles. The molecule has 0 aromatic heterocycles. The third kappa shape index (κ3) is 6.25. The first-order chi connectivity index (χ1) is 13.1. The van der Waals surface area contributed by atoms with Crippen LogP contribution in [0.4, 0.5) is 0 Å². The summed E-state index contributed by atoms with van der Waals surface area (Å²) in [7, 11) is 1.55. The first kappa shape index (κ1) is 20.7. The van der Waals surface area contributed by atoms with Crippen LogP contribution < -0.4 is 10.1 Å². The second-order valence-corrected chi connectivity index (χ2v) is 6.98. The smallest absolute Gasteiger partial charge is 0.233 e. The SMILES string of the molecule is CCc1ccc(C(=O)COc2ccc(CC(SC=O)C(=O)NC)cc2)cc1. The van der Waals surface area contributed by atoms with Crippen LogP contribution in [0.5, 0.6) is 5.75 Å². The molecular formula is C21H23NO4S. The third-order valence-electron chi connectivity index (χ3n) is 4.16. The second-order valence-electron chi connectivity index (χ2n) is 5.95. The molecule has 6 heteroatoms. The van der Waals surface area contributed by atoms with Gasteiger partial charge < -0.3 is 10.1 Å². The highest BCUT2D eigenvalue weighted by atomic mass is 32.2. The molecule has 0 spiro atoms. The van der Waals surface area contributed by atoms with Gasteiger partial charge in [0.1, 0.15) is 5.75 Å². The maximum absolute atomic E-state index is 12.2. The Morgan fingerprint density at radius 2 is 1.70 bits per heavy atom. The van der Waals surface area contributed by atoms with Crippen molar-refractivity contribution < 1.29 is 19.1 Å². The monoisotopic (exact) mass is 385 g/mol. The molecule has 0 bridgehead atoms. The Morgan fingerprint density at radius 3 is 2.26 bits per heavy atom. The number of carbonyl (C=O) groups excluding carboxylic acids is 3. The standard InChI is InChI=1S/C21H23NO4S/c1-3-15-4-8-17(9-5-15)19(24)13-26-18-10-6-16(7-11-18)12-20(27-14-23)21(25)22-2/h4-11,14,20H,3,12-13H2,1-2H3,(H,22,25). The molecule has 0 aliphatic carbocycles. The van der Waals surface area contributed by atoms with Gasteiger partial charge in [-0.25, -0.2) is 0 Å². The zero-order valence-corrected chi connectivity index (χ0v) is 16.3. The van der Waals surface area contributed by atoms with Crippen LogP contribution in [0.25, 0.3) is 0 Å². The van der Waals surface area contributed by atoms with E-state index < -0.39 is 5.25 Å². The molecule has 2 aromatic rings. The van der Waals surface area contributed by atoms with Gasteiger partial charge in [-0.3, -0.25) is 14.4 Å². The van der Waals surface area contributed by atoms with Crippen LogP contribution in [0.1, 0.15) is 28.4 Å². The summed E-state index contributed by atoms with van der Waals surface area (Å²) in [6, 6.07) is 14.7. The van der Waals surface area contributed by atoms with Crippen molar-refractivity contribution in [1.29, 1.82) is 0 Å². The van der Waals surface area contributed by atoms with Crippen LogP contribution in [0, 0.1) is 0 Å². The molecule has 1 unspecified atom stereocenters. The minimum atomic E-state index is -0.466. The summed E-state index contributed by atoms with van der Waals surface area (Å²) in [4.78, 5) is 34.7.